The zero-order valence-corrected chi connectivity index (χ0v) is 18.9. The van der Waals surface area contributed by atoms with Crippen LogP contribution in [0.2, 0.25) is 0 Å². The summed E-state index contributed by atoms with van der Waals surface area (Å²) < 4.78 is 16.0. The summed E-state index contributed by atoms with van der Waals surface area (Å²) in [5.41, 5.74) is 2.70. The van der Waals surface area contributed by atoms with Crippen molar-refractivity contribution >= 4 is 34.6 Å². The van der Waals surface area contributed by atoms with Gasteiger partial charge in [-0.05, 0) is 23.6 Å². The van der Waals surface area contributed by atoms with Crippen molar-refractivity contribution < 1.29 is 23.9 Å². The number of ether oxygens (including phenoxy) is 3. The number of carbonyl (C=O) groups is 1. The van der Waals surface area contributed by atoms with E-state index < -0.39 is 4.92 Å². The molecule has 1 aliphatic carbocycles. The molecule has 0 radical (unpaired) electrons. The molecule has 1 aliphatic rings. The average molecular weight is 465 g/mol. The van der Waals surface area contributed by atoms with Gasteiger partial charge in [-0.2, -0.15) is 4.98 Å². The van der Waals surface area contributed by atoms with Crippen molar-refractivity contribution in [3.05, 3.63) is 57.8 Å². The number of benzene rings is 2. The van der Waals surface area contributed by atoms with E-state index in [9.17, 15) is 14.9 Å². The van der Waals surface area contributed by atoms with Crippen LogP contribution < -0.4 is 24.8 Å². The first-order valence-corrected chi connectivity index (χ1v) is 10.4. The summed E-state index contributed by atoms with van der Waals surface area (Å²) in [4.78, 5) is 31.5. The Morgan fingerprint density at radius 1 is 1.03 bits per heavy atom. The molecule has 0 aliphatic heterocycles. The van der Waals surface area contributed by atoms with Crippen molar-refractivity contribution in [3.8, 4) is 17.2 Å². The van der Waals surface area contributed by atoms with E-state index in [0.29, 0.717) is 41.5 Å². The summed E-state index contributed by atoms with van der Waals surface area (Å²) in [6.07, 6.45) is 2.53. The number of methoxy groups -OCH3 is 3. The number of Topliss-reactive ketones (excluding diaryl/α,β-unsaturated/α-hetero) is 1. The summed E-state index contributed by atoms with van der Waals surface area (Å²) in [6, 6.07) is 8.91. The number of ketones is 1. The number of rotatable bonds is 8. The fraction of sp³-hybridized carbons (Fsp3) is 0.261. The van der Waals surface area contributed by atoms with Gasteiger partial charge in [0.25, 0.3) is 0 Å². The first-order valence-electron chi connectivity index (χ1n) is 10.4. The Morgan fingerprint density at radius 3 is 2.41 bits per heavy atom. The molecule has 0 saturated carbocycles. The molecule has 34 heavy (non-hydrogen) atoms. The number of nitro groups is 1. The number of nitrogens with one attached hydrogen (secondary N) is 2. The van der Waals surface area contributed by atoms with E-state index in [-0.39, 0.29) is 29.7 Å². The number of carbonyl (C=O) groups excluding carboxylic acids is 1. The van der Waals surface area contributed by atoms with Crippen molar-refractivity contribution in [1.29, 1.82) is 0 Å². The highest BCUT2D eigenvalue weighted by molar-refractivity contribution is 5.86. The molecule has 11 heteroatoms. The van der Waals surface area contributed by atoms with Gasteiger partial charge in [0.05, 0.1) is 26.3 Å². The van der Waals surface area contributed by atoms with Crippen LogP contribution in [0.1, 0.15) is 17.5 Å². The third kappa shape index (κ3) is 4.53. The predicted molar refractivity (Wildman–Crippen MR) is 125 cm³/mol. The molecule has 176 valence electrons. The van der Waals surface area contributed by atoms with Crippen LogP contribution in [0.15, 0.2) is 36.5 Å². The van der Waals surface area contributed by atoms with Gasteiger partial charge in [-0.1, -0.05) is 12.1 Å². The van der Waals surface area contributed by atoms with E-state index in [1.807, 2.05) is 12.1 Å². The maximum absolute atomic E-state index is 12.0. The fourth-order valence-corrected chi connectivity index (χ4v) is 3.83. The topological polar surface area (TPSA) is 138 Å². The Kier molecular flexibility index (Phi) is 6.44. The SMILES string of the molecule is COc1cc(Nc2ncc([N+](=O)[O-])c(Nc3cccc4c3CC(=O)CC4)n2)cc(OC)c1OC. The number of aromatic nitrogens is 2. The lowest BCUT2D eigenvalue weighted by molar-refractivity contribution is -0.384. The van der Waals surface area contributed by atoms with Gasteiger partial charge in [0, 0.05) is 36.3 Å². The van der Waals surface area contributed by atoms with Crippen LogP contribution in [0.3, 0.4) is 0 Å². The van der Waals surface area contributed by atoms with Gasteiger partial charge in [-0.15, -0.1) is 0 Å². The summed E-state index contributed by atoms with van der Waals surface area (Å²) in [7, 11) is 4.49. The zero-order valence-electron chi connectivity index (χ0n) is 18.9. The summed E-state index contributed by atoms with van der Waals surface area (Å²) in [5, 5.41) is 17.7. The maximum atomic E-state index is 12.0. The van der Waals surface area contributed by atoms with Gasteiger partial charge in [0.2, 0.25) is 17.5 Å². The predicted octanol–water partition coefficient (Wildman–Crippen LogP) is 3.96. The molecule has 0 amide bonds. The third-order valence-electron chi connectivity index (χ3n) is 5.46. The summed E-state index contributed by atoms with van der Waals surface area (Å²) in [5.74, 6) is 1.51. The summed E-state index contributed by atoms with van der Waals surface area (Å²) >= 11 is 0. The molecule has 1 aromatic heterocycles. The molecule has 0 saturated heterocycles. The molecule has 0 fully saturated rings. The monoisotopic (exact) mass is 465 g/mol. The highest BCUT2D eigenvalue weighted by Crippen LogP contribution is 2.40. The molecular weight excluding hydrogens is 442 g/mol. The second-order valence-corrected chi connectivity index (χ2v) is 7.51. The molecule has 1 heterocycles. The molecule has 0 atom stereocenters. The number of nitrogens with zero attached hydrogens (tertiary/aromatic N) is 3. The lowest BCUT2D eigenvalue weighted by atomic mass is 9.89. The van der Waals surface area contributed by atoms with E-state index in [1.165, 1.54) is 21.3 Å². The normalized spacial score (nSPS) is 12.5. The maximum Gasteiger partial charge on any atom is 0.329 e. The van der Waals surface area contributed by atoms with Crippen LogP contribution >= 0.6 is 0 Å². The number of fused-ring (bicyclic) bond motifs is 1. The molecule has 0 bridgehead atoms. The van der Waals surface area contributed by atoms with E-state index >= 15 is 0 Å². The Balaban J connectivity index is 1.70. The first-order chi connectivity index (χ1) is 16.4. The van der Waals surface area contributed by atoms with Crippen LogP contribution in [0.4, 0.5) is 28.8 Å². The smallest absolute Gasteiger partial charge is 0.329 e. The van der Waals surface area contributed by atoms with Crippen LogP contribution in [-0.2, 0) is 17.6 Å². The van der Waals surface area contributed by atoms with Crippen molar-refractivity contribution in [1.82, 2.24) is 9.97 Å². The molecular formula is C23H23N5O6. The zero-order chi connectivity index (χ0) is 24.2. The Morgan fingerprint density at radius 2 is 1.76 bits per heavy atom. The number of hydrogen-bond donors (Lipinski definition) is 2. The van der Waals surface area contributed by atoms with E-state index in [4.69, 9.17) is 14.2 Å². The molecule has 11 nitrogen and oxygen atoms in total. The summed E-state index contributed by atoms with van der Waals surface area (Å²) in [6.45, 7) is 0. The Bertz CT molecular complexity index is 1240. The Labute approximate surface area is 195 Å². The average Bonchev–Trinajstić information content (AvgIpc) is 2.83. The molecule has 4 rings (SSSR count). The van der Waals surface area contributed by atoms with Crippen LogP contribution in [0, 0.1) is 10.1 Å². The van der Waals surface area contributed by atoms with Gasteiger partial charge < -0.3 is 24.8 Å². The minimum atomic E-state index is -0.563. The highest BCUT2D eigenvalue weighted by Gasteiger charge is 2.23. The second kappa shape index (κ2) is 9.61. The number of aryl methyl sites for hydroxylation is 1. The minimum Gasteiger partial charge on any atom is -0.493 e. The second-order valence-electron chi connectivity index (χ2n) is 7.51. The van der Waals surface area contributed by atoms with Crippen molar-refractivity contribution in [3.63, 3.8) is 0 Å². The molecule has 3 aromatic rings. The van der Waals surface area contributed by atoms with Crippen LogP contribution in [0.5, 0.6) is 17.2 Å². The van der Waals surface area contributed by atoms with Crippen LogP contribution in [-0.4, -0.2) is 42.0 Å². The minimum absolute atomic E-state index is 0.00126. The van der Waals surface area contributed by atoms with Crippen LogP contribution in [0.25, 0.3) is 0 Å². The van der Waals surface area contributed by atoms with Gasteiger partial charge in [0.1, 0.15) is 12.0 Å². The van der Waals surface area contributed by atoms with Gasteiger partial charge >= 0.3 is 5.69 Å². The lowest BCUT2D eigenvalue weighted by Crippen LogP contribution is -2.15. The quantitative estimate of drug-likeness (QED) is 0.371. The molecule has 0 unspecified atom stereocenters. The van der Waals surface area contributed by atoms with Crippen molar-refractivity contribution in [2.75, 3.05) is 32.0 Å². The largest absolute Gasteiger partial charge is 0.493 e. The van der Waals surface area contributed by atoms with E-state index in [2.05, 4.69) is 20.6 Å². The fourth-order valence-electron chi connectivity index (χ4n) is 3.83. The van der Waals surface area contributed by atoms with Crippen molar-refractivity contribution in [2.24, 2.45) is 0 Å². The molecule has 2 aromatic carbocycles. The van der Waals surface area contributed by atoms with Crippen molar-refractivity contribution in [2.45, 2.75) is 19.3 Å². The molecule has 2 N–H and O–H groups in total. The standard InChI is InChI=1S/C23H23N5O6/c1-32-19-9-14(10-20(33-2)21(19)34-3)25-23-24-12-18(28(30)31)22(27-23)26-17-6-4-5-13-7-8-15(29)11-16(13)17/h4-6,9-10,12H,7-8,11H2,1-3H3,(H2,24,25,26,27). The van der Waals surface area contributed by atoms with Gasteiger partial charge in [-0.3, -0.25) is 14.9 Å². The highest BCUT2D eigenvalue weighted by atomic mass is 16.6. The molecule has 0 spiro atoms. The Hall–Kier alpha value is -4.41. The van der Waals surface area contributed by atoms with E-state index in [0.717, 1.165) is 17.3 Å². The third-order valence-corrected chi connectivity index (χ3v) is 5.46. The van der Waals surface area contributed by atoms with Gasteiger partial charge in [-0.25, -0.2) is 4.98 Å². The first kappa shape index (κ1) is 22.8. The number of hydrogen-bond acceptors (Lipinski definition) is 10. The van der Waals surface area contributed by atoms with E-state index in [1.54, 1.807) is 18.2 Å². The number of anilines is 4. The van der Waals surface area contributed by atoms with Gasteiger partial charge in [0.15, 0.2) is 11.5 Å². The lowest BCUT2D eigenvalue weighted by Gasteiger charge is -2.19.